The molecule has 0 atom stereocenters. The first-order chi connectivity index (χ1) is 6.15. The van der Waals surface area contributed by atoms with E-state index in [1.165, 1.54) is 0 Å². The summed E-state index contributed by atoms with van der Waals surface area (Å²) in [5.74, 6) is 0.168. The predicted molar refractivity (Wildman–Crippen MR) is 56.2 cm³/mol. The van der Waals surface area contributed by atoms with Crippen molar-refractivity contribution in [2.24, 2.45) is 17.1 Å². The van der Waals surface area contributed by atoms with Crippen molar-refractivity contribution in [3.63, 3.8) is 0 Å². The zero-order valence-corrected chi connectivity index (χ0v) is 9.31. The Balaban J connectivity index is 0.000000980. The van der Waals surface area contributed by atoms with Gasteiger partial charge in [0.1, 0.15) is 0 Å². The molecule has 0 radical (unpaired) electrons. The molecule has 0 aromatic heterocycles. The summed E-state index contributed by atoms with van der Waals surface area (Å²) in [4.78, 5) is 11.3. The summed E-state index contributed by atoms with van der Waals surface area (Å²) in [6.07, 6.45) is 4.25. The maximum atomic E-state index is 11.3. The minimum Gasteiger partial charge on any atom is -0.466 e. The van der Waals surface area contributed by atoms with E-state index in [1.807, 2.05) is 6.92 Å². The molecule has 2 fully saturated rings. The van der Waals surface area contributed by atoms with Crippen LogP contribution >= 0.6 is 12.4 Å². The van der Waals surface area contributed by atoms with Crippen molar-refractivity contribution in [2.45, 2.75) is 38.6 Å². The third-order valence-electron chi connectivity index (χ3n) is 3.37. The third kappa shape index (κ3) is 1.89. The van der Waals surface area contributed by atoms with E-state index in [2.05, 4.69) is 0 Å². The van der Waals surface area contributed by atoms with Gasteiger partial charge in [0.05, 0.1) is 12.5 Å². The van der Waals surface area contributed by atoms with Gasteiger partial charge >= 0.3 is 5.97 Å². The highest BCUT2D eigenvalue weighted by Crippen LogP contribution is 2.58. The van der Waals surface area contributed by atoms with Crippen molar-refractivity contribution < 1.29 is 9.53 Å². The number of carbonyl (C=O) groups is 1. The number of hydrogen-bond acceptors (Lipinski definition) is 3. The van der Waals surface area contributed by atoms with E-state index >= 15 is 0 Å². The quantitative estimate of drug-likeness (QED) is 0.716. The summed E-state index contributed by atoms with van der Waals surface area (Å²) >= 11 is 0. The van der Waals surface area contributed by atoms with Crippen LogP contribution < -0.4 is 5.73 Å². The Hall–Kier alpha value is -0.280. The molecule has 0 bridgehead atoms. The Morgan fingerprint density at radius 1 is 1.43 bits per heavy atom. The van der Waals surface area contributed by atoms with Gasteiger partial charge in [0.25, 0.3) is 0 Å². The summed E-state index contributed by atoms with van der Waals surface area (Å²) in [7, 11) is 0. The molecule has 2 saturated carbocycles. The van der Waals surface area contributed by atoms with Crippen LogP contribution in [0.1, 0.15) is 32.6 Å². The van der Waals surface area contributed by atoms with E-state index in [1.54, 1.807) is 0 Å². The lowest BCUT2D eigenvalue weighted by Gasteiger charge is -2.56. The van der Waals surface area contributed by atoms with Crippen molar-refractivity contribution in [2.75, 3.05) is 6.61 Å². The van der Waals surface area contributed by atoms with Gasteiger partial charge in [0.2, 0.25) is 0 Å². The average molecular weight is 220 g/mol. The van der Waals surface area contributed by atoms with Crippen LogP contribution in [0.15, 0.2) is 0 Å². The number of ether oxygens (including phenoxy) is 1. The van der Waals surface area contributed by atoms with Gasteiger partial charge in [-0.25, -0.2) is 0 Å². The van der Waals surface area contributed by atoms with Crippen molar-refractivity contribution in [3.05, 3.63) is 0 Å². The molecule has 82 valence electrons. The number of nitrogens with two attached hydrogens (primary N) is 1. The molecule has 4 heteroatoms. The molecule has 0 aliphatic heterocycles. The van der Waals surface area contributed by atoms with Crippen molar-refractivity contribution in [3.8, 4) is 0 Å². The van der Waals surface area contributed by atoms with Crippen LogP contribution in [-0.4, -0.2) is 18.6 Å². The van der Waals surface area contributed by atoms with Crippen LogP contribution in [0.4, 0.5) is 0 Å². The highest BCUT2D eigenvalue weighted by molar-refractivity contribution is 5.85. The Bertz CT molecular complexity index is 218. The lowest BCUT2D eigenvalue weighted by Crippen LogP contribution is -2.55. The molecule has 0 unspecified atom stereocenters. The van der Waals surface area contributed by atoms with Gasteiger partial charge in [-0.3, -0.25) is 4.79 Å². The van der Waals surface area contributed by atoms with E-state index in [0.29, 0.717) is 18.1 Å². The Morgan fingerprint density at radius 2 is 2.00 bits per heavy atom. The van der Waals surface area contributed by atoms with Gasteiger partial charge in [-0.05, 0) is 38.0 Å². The fourth-order valence-corrected chi connectivity index (χ4v) is 2.80. The smallest absolute Gasteiger partial charge is 0.308 e. The number of halogens is 1. The van der Waals surface area contributed by atoms with Crippen LogP contribution in [0.2, 0.25) is 0 Å². The topological polar surface area (TPSA) is 52.3 Å². The van der Waals surface area contributed by atoms with Gasteiger partial charge in [0.15, 0.2) is 0 Å². The van der Waals surface area contributed by atoms with E-state index in [4.69, 9.17) is 10.5 Å². The summed E-state index contributed by atoms with van der Waals surface area (Å²) in [6, 6.07) is 0.392. The van der Waals surface area contributed by atoms with Gasteiger partial charge in [0, 0.05) is 6.04 Å². The molecule has 0 heterocycles. The zero-order chi connectivity index (χ0) is 9.47. The van der Waals surface area contributed by atoms with Crippen LogP contribution in [-0.2, 0) is 9.53 Å². The van der Waals surface area contributed by atoms with Crippen LogP contribution in [0.3, 0.4) is 0 Å². The first-order valence-electron chi connectivity index (χ1n) is 5.07. The highest BCUT2D eigenvalue weighted by Gasteiger charge is 2.54. The van der Waals surface area contributed by atoms with Crippen LogP contribution in [0, 0.1) is 11.3 Å². The molecular weight excluding hydrogens is 202 g/mol. The van der Waals surface area contributed by atoms with E-state index in [-0.39, 0.29) is 24.3 Å². The Kier molecular flexibility index (Phi) is 3.43. The summed E-state index contributed by atoms with van der Waals surface area (Å²) < 4.78 is 4.96. The molecule has 2 rings (SSSR count). The minimum atomic E-state index is -0.00593. The second kappa shape index (κ2) is 4.07. The van der Waals surface area contributed by atoms with Gasteiger partial charge in [-0.1, -0.05) is 0 Å². The lowest BCUT2D eigenvalue weighted by atomic mass is 9.50. The third-order valence-corrected chi connectivity index (χ3v) is 3.37. The summed E-state index contributed by atoms with van der Waals surface area (Å²) in [5.41, 5.74) is 6.17. The highest BCUT2D eigenvalue weighted by atomic mass is 35.5. The molecule has 2 aliphatic rings. The van der Waals surface area contributed by atoms with Crippen molar-refractivity contribution in [1.29, 1.82) is 0 Å². The van der Waals surface area contributed by atoms with Gasteiger partial charge in [-0.15, -0.1) is 12.4 Å². The summed E-state index contributed by atoms with van der Waals surface area (Å²) in [5, 5.41) is 0. The van der Waals surface area contributed by atoms with Crippen molar-refractivity contribution in [1.82, 2.24) is 0 Å². The Labute approximate surface area is 90.8 Å². The first kappa shape index (κ1) is 11.8. The molecule has 2 aliphatic carbocycles. The SMILES string of the molecule is CCOC(=O)C1CC2(CC(N)C2)C1.Cl. The summed E-state index contributed by atoms with van der Waals surface area (Å²) in [6.45, 7) is 2.35. The number of rotatable bonds is 2. The monoisotopic (exact) mass is 219 g/mol. The Morgan fingerprint density at radius 3 is 2.43 bits per heavy atom. The first-order valence-corrected chi connectivity index (χ1v) is 5.07. The molecule has 0 aromatic rings. The second-order valence-electron chi connectivity index (χ2n) is 4.53. The fraction of sp³-hybridized carbons (Fsp3) is 0.900. The number of hydrogen-bond donors (Lipinski definition) is 1. The minimum absolute atomic E-state index is 0. The van der Waals surface area contributed by atoms with Crippen LogP contribution in [0.5, 0.6) is 0 Å². The van der Waals surface area contributed by atoms with Gasteiger partial charge in [-0.2, -0.15) is 0 Å². The zero-order valence-electron chi connectivity index (χ0n) is 8.49. The molecular formula is C10H18ClNO2. The van der Waals surface area contributed by atoms with E-state index in [0.717, 1.165) is 25.7 Å². The second-order valence-corrected chi connectivity index (χ2v) is 4.53. The van der Waals surface area contributed by atoms with Crippen molar-refractivity contribution >= 4 is 18.4 Å². The molecule has 0 saturated heterocycles. The molecule has 0 amide bonds. The number of carbonyl (C=O) groups excluding carboxylic acids is 1. The molecule has 0 aromatic carbocycles. The largest absolute Gasteiger partial charge is 0.466 e. The molecule has 14 heavy (non-hydrogen) atoms. The normalized spacial score (nSPS) is 39.3. The van der Waals surface area contributed by atoms with Gasteiger partial charge < -0.3 is 10.5 Å². The lowest BCUT2D eigenvalue weighted by molar-refractivity contribution is -0.161. The maximum Gasteiger partial charge on any atom is 0.308 e. The molecule has 3 nitrogen and oxygen atoms in total. The van der Waals surface area contributed by atoms with Crippen LogP contribution in [0.25, 0.3) is 0 Å². The predicted octanol–water partition coefficient (Wildman–Crippen LogP) is 1.49. The van der Waals surface area contributed by atoms with E-state index < -0.39 is 0 Å². The average Bonchev–Trinajstić information content (AvgIpc) is 1.94. The number of esters is 1. The molecule has 1 spiro atoms. The maximum absolute atomic E-state index is 11.3. The molecule has 2 N–H and O–H groups in total. The standard InChI is InChI=1S/C10H17NO2.ClH/c1-2-13-9(12)7-3-10(4-7)5-8(11)6-10;/h7-8H,2-6,11H2,1H3;1H. The fourth-order valence-electron chi connectivity index (χ4n) is 2.80. The van der Waals surface area contributed by atoms with E-state index in [9.17, 15) is 4.79 Å².